The second kappa shape index (κ2) is 4.99. The molecular weight excluding hydrogens is 228 g/mol. The van der Waals surface area contributed by atoms with Crippen LogP contribution in [0.1, 0.15) is 36.4 Å². The van der Waals surface area contributed by atoms with Crippen LogP contribution in [0.3, 0.4) is 0 Å². The minimum absolute atomic E-state index is 0.318. The van der Waals surface area contributed by atoms with Crippen molar-refractivity contribution in [1.29, 1.82) is 0 Å². The lowest BCUT2D eigenvalue weighted by atomic mass is 9.78. The normalized spacial score (nSPS) is 29.9. The summed E-state index contributed by atoms with van der Waals surface area (Å²) in [4.78, 5) is 4.61. The van der Waals surface area contributed by atoms with Crippen LogP contribution in [0.5, 0.6) is 0 Å². The number of hydrogen-bond acceptors (Lipinski definition) is 3. The number of nitrogens with two attached hydrogens (primary N) is 1. The van der Waals surface area contributed by atoms with Gasteiger partial charge in [-0.15, -0.1) is 0 Å². The lowest BCUT2D eigenvalue weighted by Gasteiger charge is -2.32. The highest BCUT2D eigenvalue weighted by atomic mass is 32.2. The number of fused-ring (bicyclic) bond motifs is 1. The van der Waals surface area contributed by atoms with Gasteiger partial charge in [0.15, 0.2) is 0 Å². The van der Waals surface area contributed by atoms with Gasteiger partial charge in [0.1, 0.15) is 0 Å². The molecule has 1 aromatic rings. The number of nitrogens with zero attached hydrogens (tertiary/aromatic N) is 1. The fourth-order valence-corrected chi connectivity index (χ4v) is 4.53. The maximum Gasteiger partial charge on any atom is 0.0482 e. The summed E-state index contributed by atoms with van der Waals surface area (Å²) in [5.74, 6) is 3.75. The van der Waals surface area contributed by atoms with Gasteiger partial charge in [0.2, 0.25) is 0 Å². The number of pyridine rings is 1. The Morgan fingerprint density at radius 1 is 1.41 bits per heavy atom. The van der Waals surface area contributed by atoms with Crippen molar-refractivity contribution in [2.75, 3.05) is 11.5 Å². The maximum atomic E-state index is 6.52. The van der Waals surface area contributed by atoms with Crippen LogP contribution >= 0.6 is 11.8 Å². The molecule has 2 aliphatic rings. The first-order chi connectivity index (χ1) is 8.36. The Labute approximate surface area is 107 Å². The van der Waals surface area contributed by atoms with Crippen LogP contribution in [0, 0.1) is 5.92 Å². The van der Waals surface area contributed by atoms with Crippen LogP contribution in [0.15, 0.2) is 18.3 Å². The molecule has 0 aromatic carbocycles. The van der Waals surface area contributed by atoms with Gasteiger partial charge in [-0.25, -0.2) is 0 Å². The highest BCUT2D eigenvalue weighted by Crippen LogP contribution is 2.37. The molecule has 2 heterocycles. The van der Waals surface area contributed by atoms with Crippen LogP contribution in [-0.2, 0) is 6.42 Å². The molecule has 3 heteroatoms. The molecule has 0 amide bonds. The van der Waals surface area contributed by atoms with Gasteiger partial charge in [0.05, 0.1) is 0 Å². The molecule has 2 N–H and O–H groups in total. The first-order valence-corrected chi connectivity index (χ1v) is 7.79. The van der Waals surface area contributed by atoms with E-state index in [2.05, 4.69) is 28.9 Å². The van der Waals surface area contributed by atoms with Gasteiger partial charge in [-0.3, -0.25) is 4.98 Å². The van der Waals surface area contributed by atoms with E-state index in [4.69, 9.17) is 5.73 Å². The Hall–Kier alpha value is -0.540. The Bertz CT molecular complexity index is 388. The van der Waals surface area contributed by atoms with Gasteiger partial charge in [0.25, 0.3) is 0 Å². The predicted molar refractivity (Wildman–Crippen MR) is 73.3 cm³/mol. The second-order valence-corrected chi connectivity index (χ2v) is 6.40. The lowest BCUT2D eigenvalue weighted by molar-refractivity contribution is 0.360. The number of thioether (sulfide) groups is 1. The average molecular weight is 248 g/mol. The summed E-state index contributed by atoms with van der Waals surface area (Å²) in [6.45, 7) is 0. The van der Waals surface area contributed by atoms with E-state index in [0.717, 1.165) is 0 Å². The van der Waals surface area contributed by atoms with Gasteiger partial charge in [0, 0.05) is 23.9 Å². The summed E-state index contributed by atoms with van der Waals surface area (Å²) in [5, 5.41) is 0. The zero-order chi connectivity index (χ0) is 11.7. The molecule has 1 aromatic heterocycles. The number of hydrogen-bond donors (Lipinski definition) is 1. The molecule has 92 valence electrons. The first-order valence-electron chi connectivity index (χ1n) is 6.63. The van der Waals surface area contributed by atoms with Gasteiger partial charge < -0.3 is 5.73 Å². The lowest BCUT2D eigenvalue weighted by Crippen LogP contribution is -2.38. The highest BCUT2D eigenvalue weighted by Gasteiger charge is 2.33. The third-order valence-electron chi connectivity index (χ3n) is 4.21. The third-order valence-corrected chi connectivity index (χ3v) is 5.40. The smallest absolute Gasteiger partial charge is 0.0482 e. The number of rotatable bonds is 2. The van der Waals surface area contributed by atoms with Crippen molar-refractivity contribution in [3.63, 3.8) is 0 Å². The van der Waals surface area contributed by atoms with Gasteiger partial charge in [-0.2, -0.15) is 11.8 Å². The summed E-state index contributed by atoms with van der Waals surface area (Å²) in [7, 11) is 0. The molecule has 0 saturated carbocycles. The maximum absolute atomic E-state index is 6.52. The van der Waals surface area contributed by atoms with E-state index < -0.39 is 0 Å². The summed E-state index contributed by atoms with van der Waals surface area (Å²) in [5.41, 5.74) is 9.24. The molecule has 3 atom stereocenters. The molecule has 1 saturated heterocycles. The molecule has 1 aliphatic heterocycles. The topological polar surface area (TPSA) is 38.9 Å². The molecule has 2 nitrogen and oxygen atoms in total. The zero-order valence-electron chi connectivity index (χ0n) is 10.1. The molecule has 1 aliphatic carbocycles. The molecule has 0 bridgehead atoms. The summed E-state index contributed by atoms with van der Waals surface area (Å²) in [6.07, 6.45) is 6.91. The average Bonchev–Trinajstić information content (AvgIpc) is 2.91. The largest absolute Gasteiger partial charge is 0.327 e. The summed E-state index contributed by atoms with van der Waals surface area (Å²) in [6, 6.07) is 4.60. The Morgan fingerprint density at radius 3 is 3.18 bits per heavy atom. The second-order valence-electron chi connectivity index (χ2n) is 5.25. The van der Waals surface area contributed by atoms with Crippen LogP contribution in [0.4, 0.5) is 0 Å². The van der Waals surface area contributed by atoms with Crippen molar-refractivity contribution in [3.8, 4) is 0 Å². The summed E-state index contributed by atoms with van der Waals surface area (Å²) >= 11 is 2.06. The first kappa shape index (κ1) is 11.5. The standard InChI is InChI=1S/C14H20N2S/c15-13(11-6-8-17-9-11)12-5-1-3-10-4-2-7-16-14(10)12/h2,4,7,11-13H,1,3,5-6,8-9,15H2. The molecule has 17 heavy (non-hydrogen) atoms. The van der Waals surface area contributed by atoms with E-state index in [1.807, 2.05) is 6.20 Å². The van der Waals surface area contributed by atoms with Crippen molar-refractivity contribution in [3.05, 3.63) is 29.6 Å². The van der Waals surface area contributed by atoms with E-state index in [1.165, 1.54) is 48.4 Å². The van der Waals surface area contributed by atoms with E-state index in [1.54, 1.807) is 0 Å². The fourth-order valence-electron chi connectivity index (χ4n) is 3.20. The van der Waals surface area contributed by atoms with Crippen LogP contribution < -0.4 is 5.73 Å². The molecule has 3 rings (SSSR count). The van der Waals surface area contributed by atoms with Crippen LogP contribution in [0.25, 0.3) is 0 Å². The Kier molecular flexibility index (Phi) is 3.39. The third kappa shape index (κ3) is 2.23. The van der Waals surface area contributed by atoms with Crippen molar-refractivity contribution in [1.82, 2.24) is 4.98 Å². The molecular formula is C14H20N2S. The van der Waals surface area contributed by atoms with Crippen molar-refractivity contribution < 1.29 is 0 Å². The predicted octanol–water partition coefficient (Wildman–Crippen LogP) is 2.58. The van der Waals surface area contributed by atoms with E-state index in [9.17, 15) is 0 Å². The fraction of sp³-hybridized carbons (Fsp3) is 0.643. The summed E-state index contributed by atoms with van der Waals surface area (Å²) < 4.78 is 0. The van der Waals surface area contributed by atoms with Gasteiger partial charge in [-0.05, 0) is 54.7 Å². The zero-order valence-corrected chi connectivity index (χ0v) is 11.0. The SMILES string of the molecule is NC(C1CCSC1)C1CCCc2cccnc21. The molecule has 1 fully saturated rings. The van der Waals surface area contributed by atoms with Crippen LogP contribution in [0.2, 0.25) is 0 Å². The van der Waals surface area contributed by atoms with E-state index >= 15 is 0 Å². The van der Waals surface area contributed by atoms with Crippen LogP contribution in [-0.4, -0.2) is 22.5 Å². The Balaban J connectivity index is 1.84. The monoisotopic (exact) mass is 248 g/mol. The number of aromatic nitrogens is 1. The minimum atomic E-state index is 0.318. The minimum Gasteiger partial charge on any atom is -0.327 e. The molecule has 0 radical (unpaired) electrons. The Morgan fingerprint density at radius 2 is 2.35 bits per heavy atom. The molecule has 3 unspecified atom stereocenters. The van der Waals surface area contributed by atoms with Crippen molar-refractivity contribution >= 4 is 11.8 Å². The van der Waals surface area contributed by atoms with Crippen molar-refractivity contribution in [2.24, 2.45) is 11.7 Å². The van der Waals surface area contributed by atoms with Gasteiger partial charge >= 0.3 is 0 Å². The van der Waals surface area contributed by atoms with Crippen molar-refractivity contribution in [2.45, 2.75) is 37.6 Å². The quantitative estimate of drug-likeness (QED) is 0.874. The van der Waals surface area contributed by atoms with E-state index in [0.29, 0.717) is 17.9 Å². The highest BCUT2D eigenvalue weighted by molar-refractivity contribution is 7.99. The van der Waals surface area contributed by atoms with E-state index in [-0.39, 0.29) is 0 Å². The molecule has 0 spiro atoms. The number of aryl methyl sites for hydroxylation is 1. The van der Waals surface area contributed by atoms with Gasteiger partial charge in [-0.1, -0.05) is 6.07 Å².